The minimum absolute atomic E-state index is 0.0523. The van der Waals surface area contributed by atoms with E-state index in [2.05, 4.69) is 20.5 Å². The van der Waals surface area contributed by atoms with Gasteiger partial charge < -0.3 is 15.0 Å². The van der Waals surface area contributed by atoms with Gasteiger partial charge in [0.25, 0.3) is 0 Å². The number of piperidine rings is 1. The molecule has 3 heterocycles. The number of benzene rings is 1. The number of hydrogen-bond donors (Lipinski definition) is 2. The zero-order valence-corrected chi connectivity index (χ0v) is 20.6. The van der Waals surface area contributed by atoms with E-state index >= 15 is 0 Å². The van der Waals surface area contributed by atoms with Crippen LogP contribution in [0.2, 0.25) is 0 Å². The van der Waals surface area contributed by atoms with Gasteiger partial charge in [0, 0.05) is 26.6 Å². The molecule has 7 nitrogen and oxygen atoms in total. The van der Waals surface area contributed by atoms with E-state index in [1.54, 1.807) is 6.92 Å². The minimum atomic E-state index is -0.322. The zero-order valence-electron chi connectivity index (χ0n) is 19.8. The Bertz CT molecular complexity index is 997. The Labute approximate surface area is 204 Å². The summed E-state index contributed by atoms with van der Waals surface area (Å²) in [5.41, 5.74) is 1.80. The Kier molecular flexibility index (Phi) is 8.28. The number of likely N-dealkylation sites (tertiary alicyclic amines) is 1. The smallest absolute Gasteiger partial charge is 0.321 e. The largest absolute Gasteiger partial charge is 0.375 e. The second-order valence-electron chi connectivity index (χ2n) is 9.34. The lowest BCUT2D eigenvalue weighted by Crippen LogP contribution is -2.53. The van der Waals surface area contributed by atoms with E-state index in [0.29, 0.717) is 28.2 Å². The zero-order chi connectivity index (χ0) is 24.1. The molecule has 4 rings (SSSR count). The van der Waals surface area contributed by atoms with E-state index in [1.807, 2.05) is 12.1 Å². The summed E-state index contributed by atoms with van der Waals surface area (Å²) >= 11 is 1.20. The highest BCUT2D eigenvalue weighted by molar-refractivity contribution is 7.17. The van der Waals surface area contributed by atoms with E-state index in [0.717, 1.165) is 45.3 Å². The highest BCUT2D eigenvalue weighted by Crippen LogP contribution is 2.25. The van der Waals surface area contributed by atoms with Crippen molar-refractivity contribution in [3.8, 4) is 0 Å². The molecule has 2 aliphatic heterocycles. The minimum Gasteiger partial charge on any atom is -0.375 e. The van der Waals surface area contributed by atoms with E-state index in [1.165, 1.54) is 42.4 Å². The van der Waals surface area contributed by atoms with E-state index in [-0.39, 0.29) is 29.8 Å². The monoisotopic (exact) mass is 488 g/mol. The van der Waals surface area contributed by atoms with Gasteiger partial charge in [-0.2, -0.15) is 0 Å². The Hall–Kier alpha value is -2.36. The van der Waals surface area contributed by atoms with Crippen LogP contribution < -0.4 is 10.6 Å². The molecule has 0 unspecified atom stereocenters. The Balaban J connectivity index is 1.30. The van der Waals surface area contributed by atoms with Gasteiger partial charge in [0.2, 0.25) is 0 Å². The number of Topliss-reactive ketones (excluding diaryl/α,β-unsaturated/α-hetero) is 1. The molecule has 0 spiro atoms. The van der Waals surface area contributed by atoms with E-state index in [9.17, 15) is 14.0 Å². The SMILES string of the molecule is CC(=O)c1sc(NC(=O)N[C@@H]2CCCO[C@@H]2CN2CCC[C@@H](Cc3ccc(F)cc3)C2)nc1C. The molecule has 0 aliphatic carbocycles. The molecular formula is C25H33FN4O3S. The maximum atomic E-state index is 13.2. The number of ketones is 1. The van der Waals surface area contributed by atoms with Crippen LogP contribution >= 0.6 is 11.3 Å². The van der Waals surface area contributed by atoms with Gasteiger partial charge in [-0.25, -0.2) is 14.2 Å². The first-order chi connectivity index (χ1) is 16.4. The summed E-state index contributed by atoms with van der Waals surface area (Å²) < 4.78 is 19.3. The van der Waals surface area contributed by atoms with Crippen LogP contribution in [0.4, 0.5) is 14.3 Å². The van der Waals surface area contributed by atoms with Crippen LogP contribution in [0.25, 0.3) is 0 Å². The Morgan fingerprint density at radius 2 is 2.03 bits per heavy atom. The number of carbonyl (C=O) groups is 2. The van der Waals surface area contributed by atoms with Crippen LogP contribution in [0, 0.1) is 18.7 Å². The van der Waals surface area contributed by atoms with E-state index < -0.39 is 0 Å². The van der Waals surface area contributed by atoms with Crippen molar-refractivity contribution in [1.29, 1.82) is 0 Å². The van der Waals surface area contributed by atoms with Crippen LogP contribution in [0.5, 0.6) is 0 Å². The molecule has 3 atom stereocenters. The number of ether oxygens (including phenoxy) is 1. The highest BCUT2D eigenvalue weighted by Gasteiger charge is 2.31. The quantitative estimate of drug-likeness (QED) is 0.564. The number of urea groups is 1. The fourth-order valence-corrected chi connectivity index (χ4v) is 5.81. The molecule has 2 N–H and O–H groups in total. The highest BCUT2D eigenvalue weighted by atomic mass is 32.1. The number of nitrogens with zero attached hydrogens (tertiary/aromatic N) is 2. The molecule has 0 bridgehead atoms. The summed E-state index contributed by atoms with van der Waals surface area (Å²) in [5.74, 6) is 0.278. The summed E-state index contributed by atoms with van der Waals surface area (Å²) in [6.45, 7) is 6.73. The lowest BCUT2D eigenvalue weighted by Gasteiger charge is -2.39. The van der Waals surface area contributed by atoms with Crippen molar-refractivity contribution in [3.63, 3.8) is 0 Å². The second kappa shape index (κ2) is 11.4. The number of halogens is 1. The van der Waals surface area contributed by atoms with E-state index in [4.69, 9.17) is 4.74 Å². The average Bonchev–Trinajstić information content (AvgIpc) is 3.17. The molecule has 0 radical (unpaired) electrons. The number of amides is 2. The van der Waals surface area contributed by atoms with Crippen molar-refractivity contribution in [2.45, 2.75) is 58.1 Å². The Morgan fingerprint density at radius 3 is 2.76 bits per heavy atom. The third-order valence-corrected chi connectivity index (χ3v) is 7.75. The van der Waals surface area contributed by atoms with Crippen LogP contribution in [-0.4, -0.2) is 60.1 Å². The van der Waals surface area contributed by atoms with Crippen LogP contribution in [-0.2, 0) is 11.2 Å². The van der Waals surface area contributed by atoms with Crippen molar-refractivity contribution in [1.82, 2.24) is 15.2 Å². The van der Waals surface area contributed by atoms with Gasteiger partial charge in [-0.05, 0) is 69.2 Å². The number of anilines is 1. The number of nitrogens with one attached hydrogen (secondary N) is 2. The first-order valence-corrected chi connectivity index (χ1v) is 12.8. The number of hydrogen-bond acceptors (Lipinski definition) is 6. The molecular weight excluding hydrogens is 455 g/mol. The predicted octanol–water partition coefficient (Wildman–Crippen LogP) is 4.42. The van der Waals surface area contributed by atoms with Crippen molar-refractivity contribution in [2.75, 3.05) is 31.6 Å². The molecule has 184 valence electrons. The molecule has 2 fully saturated rings. The van der Waals surface area contributed by atoms with Crippen LogP contribution in [0.3, 0.4) is 0 Å². The lowest BCUT2D eigenvalue weighted by molar-refractivity contribution is -0.0306. The first kappa shape index (κ1) is 24.8. The van der Waals surface area contributed by atoms with Gasteiger partial charge >= 0.3 is 6.03 Å². The van der Waals surface area contributed by atoms with Crippen molar-refractivity contribution >= 4 is 28.3 Å². The fraction of sp³-hybridized carbons (Fsp3) is 0.560. The topological polar surface area (TPSA) is 83.6 Å². The number of aryl methyl sites for hydroxylation is 1. The fourth-order valence-electron chi connectivity index (χ4n) is 4.96. The third-order valence-electron chi connectivity index (χ3n) is 6.57. The molecule has 2 amide bonds. The number of thiazole rings is 1. The molecule has 2 aromatic rings. The van der Waals surface area contributed by atoms with Gasteiger partial charge in [0.05, 0.1) is 22.7 Å². The summed E-state index contributed by atoms with van der Waals surface area (Å²) in [7, 11) is 0. The lowest BCUT2D eigenvalue weighted by atomic mass is 9.90. The normalized spacial score (nSPS) is 23.4. The molecule has 34 heavy (non-hydrogen) atoms. The van der Waals surface area contributed by atoms with Gasteiger partial charge in [-0.15, -0.1) is 0 Å². The van der Waals surface area contributed by atoms with Gasteiger partial charge in [0.1, 0.15) is 5.82 Å². The van der Waals surface area contributed by atoms with Gasteiger partial charge in [-0.1, -0.05) is 23.5 Å². The Morgan fingerprint density at radius 1 is 1.24 bits per heavy atom. The molecule has 2 saturated heterocycles. The number of aromatic nitrogens is 1. The first-order valence-electron chi connectivity index (χ1n) is 12.0. The van der Waals surface area contributed by atoms with Crippen LogP contribution in [0.15, 0.2) is 24.3 Å². The summed E-state index contributed by atoms with van der Waals surface area (Å²) in [5, 5.41) is 6.27. The van der Waals surface area contributed by atoms with Crippen LogP contribution in [0.1, 0.15) is 53.5 Å². The number of carbonyl (C=O) groups excluding carboxylic acids is 2. The maximum absolute atomic E-state index is 13.2. The van der Waals surface area contributed by atoms with Gasteiger partial charge in [0.15, 0.2) is 10.9 Å². The maximum Gasteiger partial charge on any atom is 0.321 e. The standard InChI is InChI=1S/C25H33FN4O3S/c1-16-23(17(2)31)34-25(27-16)29-24(32)28-21-6-4-12-33-22(21)15-30-11-3-5-19(14-30)13-18-7-9-20(26)10-8-18/h7-10,19,21-22H,3-6,11-15H2,1-2H3,(H2,27,28,29,32)/t19-,21+,22+/m0/s1. The summed E-state index contributed by atoms with van der Waals surface area (Å²) in [6.07, 6.45) is 4.93. The second-order valence-corrected chi connectivity index (χ2v) is 10.3. The summed E-state index contributed by atoms with van der Waals surface area (Å²) in [6, 6.07) is 6.40. The molecule has 2 aliphatic rings. The van der Waals surface area contributed by atoms with Crippen molar-refractivity contribution < 1.29 is 18.7 Å². The third kappa shape index (κ3) is 6.61. The summed E-state index contributed by atoms with van der Waals surface area (Å²) in [4.78, 5) is 31.6. The molecule has 9 heteroatoms. The van der Waals surface area contributed by atoms with Gasteiger partial charge in [-0.3, -0.25) is 10.1 Å². The predicted molar refractivity (Wildman–Crippen MR) is 131 cm³/mol. The molecule has 0 saturated carbocycles. The molecule has 1 aromatic carbocycles. The number of rotatable bonds is 7. The average molecular weight is 489 g/mol. The van der Waals surface area contributed by atoms with Crippen molar-refractivity contribution in [3.05, 3.63) is 46.2 Å². The van der Waals surface area contributed by atoms with Crippen molar-refractivity contribution in [2.24, 2.45) is 5.92 Å². The molecule has 1 aromatic heterocycles.